The molecule has 0 saturated carbocycles. The van der Waals surface area contributed by atoms with Gasteiger partial charge in [-0.1, -0.05) is 0 Å². The Labute approximate surface area is 115 Å². The largest absolute Gasteiger partial charge is 1.00 e. The van der Waals surface area contributed by atoms with Crippen LogP contribution in [0.3, 0.4) is 0 Å². The zero-order chi connectivity index (χ0) is 9.52. The predicted molar refractivity (Wildman–Crippen MR) is 49.4 cm³/mol. The van der Waals surface area contributed by atoms with Gasteiger partial charge in [-0.3, -0.25) is 0 Å². The normalized spacial score (nSPS) is 21.4. The van der Waals surface area contributed by atoms with Crippen molar-refractivity contribution in [3.05, 3.63) is 20.6 Å². The van der Waals surface area contributed by atoms with Crippen LogP contribution in [0.5, 0.6) is 0 Å². The third-order valence-electron chi connectivity index (χ3n) is 2.49. The molecule has 0 fully saturated rings. The fourth-order valence-corrected chi connectivity index (χ4v) is 2.54. The van der Waals surface area contributed by atoms with E-state index in [-0.39, 0.29) is 24.8 Å². The van der Waals surface area contributed by atoms with E-state index >= 15 is 0 Å². The van der Waals surface area contributed by atoms with Gasteiger partial charge in [0, 0.05) is 0 Å². The van der Waals surface area contributed by atoms with Gasteiger partial charge < -0.3 is 24.8 Å². The van der Waals surface area contributed by atoms with Crippen LogP contribution in [0.25, 0.3) is 0 Å². The van der Waals surface area contributed by atoms with Crippen molar-refractivity contribution >= 4 is 0 Å². The quantitative estimate of drug-likeness (QED) is 0.394. The first-order valence-corrected chi connectivity index (χ1v) is 6.28. The van der Waals surface area contributed by atoms with Crippen molar-refractivity contribution in [2.75, 3.05) is 0 Å². The molecule has 0 aromatic rings. The van der Waals surface area contributed by atoms with E-state index in [9.17, 15) is 0 Å². The summed E-state index contributed by atoms with van der Waals surface area (Å²) in [6.07, 6.45) is 2.44. The van der Waals surface area contributed by atoms with Crippen LogP contribution in [-0.4, -0.2) is 0 Å². The van der Waals surface area contributed by atoms with E-state index in [1.165, 1.54) is 24.4 Å². The van der Waals surface area contributed by atoms with Crippen molar-refractivity contribution in [2.24, 2.45) is 11.3 Å². The molecule has 0 amide bonds. The molecule has 1 aliphatic rings. The Morgan fingerprint density at radius 1 is 1.21 bits per heavy atom. The SMILES string of the molecule is CC1=[C]([Hf+2])C(C)C=C1C(C)(C)C.[Cl-].[Cl-]. The molecule has 0 radical (unpaired) electrons. The summed E-state index contributed by atoms with van der Waals surface area (Å²) in [6.45, 7) is 11.5. The molecule has 1 aliphatic carbocycles. The van der Waals surface area contributed by atoms with Gasteiger partial charge in [-0.05, 0) is 0 Å². The summed E-state index contributed by atoms with van der Waals surface area (Å²) in [6, 6.07) is 0. The number of hydrogen-bond acceptors (Lipinski definition) is 0. The molecule has 1 atom stereocenters. The summed E-state index contributed by atoms with van der Waals surface area (Å²) in [5.41, 5.74) is 3.48. The van der Waals surface area contributed by atoms with Crippen LogP contribution in [0, 0.1) is 11.3 Å². The van der Waals surface area contributed by atoms with Crippen LogP contribution in [0.15, 0.2) is 20.6 Å². The smallest absolute Gasteiger partial charge is 1.00 e. The Kier molecular flexibility index (Phi) is 7.26. The minimum absolute atomic E-state index is 0. The molecular formula is C11H17Cl2Hf. The summed E-state index contributed by atoms with van der Waals surface area (Å²) in [4.78, 5) is 0. The molecule has 1 rings (SSSR count). The van der Waals surface area contributed by atoms with Crippen molar-refractivity contribution in [1.82, 2.24) is 0 Å². The minimum atomic E-state index is 0. The van der Waals surface area contributed by atoms with Gasteiger partial charge in [0.25, 0.3) is 0 Å². The second-order valence-corrected chi connectivity index (χ2v) is 6.59. The van der Waals surface area contributed by atoms with Crippen molar-refractivity contribution in [3.8, 4) is 0 Å². The Balaban J connectivity index is 0. The summed E-state index contributed by atoms with van der Waals surface area (Å²) >= 11 is 1.22. The first-order valence-electron chi connectivity index (χ1n) is 4.49. The van der Waals surface area contributed by atoms with Gasteiger partial charge in [0.1, 0.15) is 0 Å². The van der Waals surface area contributed by atoms with Crippen molar-refractivity contribution in [1.29, 1.82) is 0 Å². The number of rotatable bonds is 0. The van der Waals surface area contributed by atoms with Gasteiger partial charge in [-0.15, -0.1) is 0 Å². The molecule has 3 heteroatoms. The average molecular weight is 399 g/mol. The Hall–Kier alpha value is 0.930. The minimum Gasteiger partial charge on any atom is -1.00 e. The van der Waals surface area contributed by atoms with E-state index in [0.717, 1.165) is 0 Å². The zero-order valence-electron chi connectivity index (χ0n) is 9.41. The first-order chi connectivity index (χ1) is 5.34. The molecule has 0 aliphatic heterocycles. The summed E-state index contributed by atoms with van der Waals surface area (Å²) in [5, 5.41) is 0. The number of halogens is 2. The van der Waals surface area contributed by atoms with Gasteiger partial charge in [-0.2, -0.15) is 0 Å². The summed E-state index contributed by atoms with van der Waals surface area (Å²) in [7, 11) is 0. The van der Waals surface area contributed by atoms with Gasteiger partial charge in [0.05, 0.1) is 0 Å². The van der Waals surface area contributed by atoms with E-state index in [2.05, 4.69) is 40.7 Å². The topological polar surface area (TPSA) is 0 Å². The maximum atomic E-state index is 2.44. The average Bonchev–Trinajstić information content (AvgIpc) is 2.15. The van der Waals surface area contributed by atoms with E-state index in [4.69, 9.17) is 0 Å². The maximum Gasteiger partial charge on any atom is -1.00 e. The Morgan fingerprint density at radius 3 is 1.79 bits per heavy atom. The van der Waals surface area contributed by atoms with Gasteiger partial charge >= 0.3 is 90.9 Å². The molecule has 0 spiro atoms. The molecule has 0 heterocycles. The summed E-state index contributed by atoms with van der Waals surface area (Å²) in [5.74, 6) is 0.714. The van der Waals surface area contributed by atoms with E-state index < -0.39 is 0 Å². The van der Waals surface area contributed by atoms with Gasteiger partial charge in [0.15, 0.2) is 0 Å². The third kappa shape index (κ3) is 3.50. The molecule has 0 aromatic carbocycles. The van der Waals surface area contributed by atoms with Crippen LogP contribution in [0.4, 0.5) is 0 Å². The van der Waals surface area contributed by atoms with Crippen LogP contribution in [0.2, 0.25) is 0 Å². The first kappa shape index (κ1) is 17.3. The maximum absolute atomic E-state index is 2.44. The third-order valence-corrected chi connectivity index (χ3v) is 5.47. The Bertz CT molecular complexity index is 259. The molecule has 1 unspecified atom stereocenters. The second kappa shape index (κ2) is 5.86. The molecule has 0 nitrogen and oxygen atoms in total. The molecule has 14 heavy (non-hydrogen) atoms. The monoisotopic (exact) mass is 399 g/mol. The fraction of sp³-hybridized carbons (Fsp3) is 0.636. The van der Waals surface area contributed by atoms with Crippen molar-refractivity contribution in [3.63, 3.8) is 0 Å². The van der Waals surface area contributed by atoms with Crippen LogP contribution in [0.1, 0.15) is 34.6 Å². The van der Waals surface area contributed by atoms with Gasteiger partial charge in [0.2, 0.25) is 0 Å². The van der Waals surface area contributed by atoms with E-state index in [1.54, 1.807) is 14.5 Å². The van der Waals surface area contributed by atoms with Crippen LogP contribution >= 0.6 is 0 Å². The molecule has 0 N–H and O–H groups in total. The molecule has 0 saturated heterocycles. The van der Waals surface area contributed by atoms with E-state index in [0.29, 0.717) is 11.3 Å². The van der Waals surface area contributed by atoms with Crippen LogP contribution in [-0.2, 0) is 24.4 Å². The van der Waals surface area contributed by atoms with Crippen molar-refractivity contribution < 1.29 is 49.2 Å². The zero-order valence-corrected chi connectivity index (χ0v) is 14.5. The standard InChI is InChI=1S/C11H17.2ClH.Hf/c1-8-6-9(2)10(7-8)11(3,4)5;;;/h7-8H,1-5H3;2*1H;/q;;;+2/p-2. The number of hydrogen-bond donors (Lipinski definition) is 0. The Morgan fingerprint density at radius 2 is 1.64 bits per heavy atom. The van der Waals surface area contributed by atoms with E-state index in [1.807, 2.05) is 0 Å². The van der Waals surface area contributed by atoms with Gasteiger partial charge in [-0.25, -0.2) is 0 Å². The predicted octanol–water partition coefficient (Wildman–Crippen LogP) is -2.56. The van der Waals surface area contributed by atoms with Crippen molar-refractivity contribution in [2.45, 2.75) is 34.6 Å². The van der Waals surface area contributed by atoms with Crippen LogP contribution < -0.4 is 24.8 Å². The molecule has 0 bridgehead atoms. The fourth-order valence-electron chi connectivity index (χ4n) is 1.76. The molecular weight excluding hydrogens is 382 g/mol. The molecule has 0 aromatic heterocycles. The second-order valence-electron chi connectivity index (χ2n) is 4.66. The summed E-state index contributed by atoms with van der Waals surface area (Å²) < 4.78 is 1.68. The molecule has 79 valence electrons. The number of allylic oxidation sites excluding steroid dienone is 4.